The lowest BCUT2D eigenvalue weighted by atomic mass is 10.2. The van der Waals surface area contributed by atoms with Gasteiger partial charge in [-0.1, -0.05) is 12.1 Å². The lowest BCUT2D eigenvalue weighted by molar-refractivity contribution is -0.123. The Labute approximate surface area is 117 Å². The highest BCUT2D eigenvalue weighted by Crippen LogP contribution is 2.11. The standard InChI is InChI=1S/C15H17NO2S/c1-12-3-2-4-14(9-12)18-10-15(17)16-7-5-13-6-8-19-11-13/h2-4,6,8-9,11H,5,7,10H2,1H3,(H,16,17). The predicted octanol–water partition coefficient (Wildman–Crippen LogP) is 2.79. The summed E-state index contributed by atoms with van der Waals surface area (Å²) >= 11 is 1.67. The average molecular weight is 275 g/mol. The molecule has 100 valence electrons. The van der Waals surface area contributed by atoms with Gasteiger partial charge in [-0.05, 0) is 53.4 Å². The Hall–Kier alpha value is -1.81. The first kappa shape index (κ1) is 13.6. The van der Waals surface area contributed by atoms with Crippen LogP contribution in [0, 0.1) is 6.92 Å². The quantitative estimate of drug-likeness (QED) is 0.880. The summed E-state index contributed by atoms with van der Waals surface area (Å²) in [5.74, 6) is 0.643. The van der Waals surface area contributed by atoms with E-state index in [-0.39, 0.29) is 12.5 Å². The smallest absolute Gasteiger partial charge is 0.257 e. The van der Waals surface area contributed by atoms with Gasteiger partial charge in [0.05, 0.1) is 0 Å². The number of nitrogens with one attached hydrogen (secondary N) is 1. The lowest BCUT2D eigenvalue weighted by Crippen LogP contribution is -2.30. The zero-order chi connectivity index (χ0) is 13.5. The van der Waals surface area contributed by atoms with E-state index in [1.165, 1.54) is 5.56 Å². The number of carbonyl (C=O) groups excluding carboxylic acids is 1. The molecule has 0 saturated heterocycles. The van der Waals surface area contributed by atoms with Gasteiger partial charge >= 0.3 is 0 Å². The van der Waals surface area contributed by atoms with Crippen LogP contribution in [0.1, 0.15) is 11.1 Å². The van der Waals surface area contributed by atoms with Gasteiger partial charge < -0.3 is 10.1 Å². The monoisotopic (exact) mass is 275 g/mol. The highest BCUT2D eigenvalue weighted by atomic mass is 32.1. The fourth-order valence-electron chi connectivity index (χ4n) is 1.69. The molecule has 0 saturated carbocycles. The van der Waals surface area contributed by atoms with Crippen LogP contribution in [-0.2, 0) is 11.2 Å². The van der Waals surface area contributed by atoms with Crippen molar-refractivity contribution in [3.63, 3.8) is 0 Å². The van der Waals surface area contributed by atoms with E-state index in [0.717, 1.165) is 17.7 Å². The van der Waals surface area contributed by atoms with Crippen LogP contribution < -0.4 is 10.1 Å². The summed E-state index contributed by atoms with van der Waals surface area (Å²) in [6, 6.07) is 9.75. The number of carbonyl (C=O) groups is 1. The Morgan fingerprint density at radius 3 is 3.00 bits per heavy atom. The molecule has 0 aliphatic heterocycles. The molecule has 1 amide bonds. The van der Waals surface area contributed by atoms with Gasteiger partial charge in [-0.3, -0.25) is 4.79 Å². The topological polar surface area (TPSA) is 38.3 Å². The van der Waals surface area contributed by atoms with Crippen LogP contribution in [0.15, 0.2) is 41.1 Å². The molecular weight excluding hydrogens is 258 g/mol. The summed E-state index contributed by atoms with van der Waals surface area (Å²) in [6.45, 7) is 2.70. The summed E-state index contributed by atoms with van der Waals surface area (Å²) in [5.41, 5.74) is 2.38. The molecule has 4 heteroatoms. The van der Waals surface area contributed by atoms with E-state index >= 15 is 0 Å². The van der Waals surface area contributed by atoms with Crippen molar-refractivity contribution >= 4 is 17.2 Å². The fourth-order valence-corrected chi connectivity index (χ4v) is 2.39. The predicted molar refractivity (Wildman–Crippen MR) is 77.7 cm³/mol. The minimum atomic E-state index is -0.0864. The third kappa shape index (κ3) is 4.75. The second kappa shape index (κ2) is 6.95. The van der Waals surface area contributed by atoms with Crippen LogP contribution in [0.3, 0.4) is 0 Å². The molecule has 1 aromatic carbocycles. The molecule has 0 radical (unpaired) electrons. The van der Waals surface area contributed by atoms with E-state index in [9.17, 15) is 4.79 Å². The number of rotatable bonds is 6. The Morgan fingerprint density at radius 2 is 2.26 bits per heavy atom. The van der Waals surface area contributed by atoms with Gasteiger partial charge in [-0.25, -0.2) is 0 Å². The number of thiophene rings is 1. The van der Waals surface area contributed by atoms with Gasteiger partial charge in [0.2, 0.25) is 0 Å². The van der Waals surface area contributed by atoms with Crippen molar-refractivity contribution in [1.29, 1.82) is 0 Å². The summed E-state index contributed by atoms with van der Waals surface area (Å²) < 4.78 is 5.43. The Bertz CT molecular complexity index is 523. The van der Waals surface area contributed by atoms with Crippen molar-refractivity contribution in [2.75, 3.05) is 13.2 Å². The van der Waals surface area contributed by atoms with Crippen LogP contribution in [0.25, 0.3) is 0 Å². The fraction of sp³-hybridized carbons (Fsp3) is 0.267. The highest BCUT2D eigenvalue weighted by Gasteiger charge is 2.02. The van der Waals surface area contributed by atoms with Crippen LogP contribution in [0.4, 0.5) is 0 Å². The van der Waals surface area contributed by atoms with Gasteiger partial charge in [-0.2, -0.15) is 11.3 Å². The molecule has 0 unspecified atom stereocenters. The van der Waals surface area contributed by atoms with E-state index in [0.29, 0.717) is 6.54 Å². The number of amides is 1. The normalized spacial score (nSPS) is 10.2. The molecule has 1 heterocycles. The SMILES string of the molecule is Cc1cccc(OCC(=O)NCCc2ccsc2)c1. The molecule has 0 atom stereocenters. The summed E-state index contributed by atoms with van der Waals surface area (Å²) in [6.07, 6.45) is 0.861. The molecule has 0 bridgehead atoms. The summed E-state index contributed by atoms with van der Waals surface area (Å²) in [5, 5.41) is 6.98. The maximum Gasteiger partial charge on any atom is 0.257 e. The van der Waals surface area contributed by atoms with E-state index in [4.69, 9.17) is 4.74 Å². The number of hydrogen-bond acceptors (Lipinski definition) is 3. The molecule has 19 heavy (non-hydrogen) atoms. The van der Waals surface area contributed by atoms with Crippen LogP contribution in [0.5, 0.6) is 5.75 Å². The highest BCUT2D eigenvalue weighted by molar-refractivity contribution is 7.07. The first-order chi connectivity index (χ1) is 9.24. The molecule has 0 spiro atoms. The summed E-state index contributed by atoms with van der Waals surface area (Å²) in [7, 11) is 0. The van der Waals surface area contributed by atoms with Crippen molar-refractivity contribution in [1.82, 2.24) is 5.32 Å². The Morgan fingerprint density at radius 1 is 1.37 bits per heavy atom. The van der Waals surface area contributed by atoms with Gasteiger partial charge in [0, 0.05) is 6.54 Å². The first-order valence-corrected chi connectivity index (χ1v) is 7.15. The van der Waals surface area contributed by atoms with Crippen LogP contribution in [-0.4, -0.2) is 19.1 Å². The number of ether oxygens (including phenoxy) is 1. The minimum absolute atomic E-state index is 0.0626. The molecular formula is C15H17NO2S. The number of benzene rings is 1. The van der Waals surface area contributed by atoms with Crippen LogP contribution in [0.2, 0.25) is 0 Å². The van der Waals surface area contributed by atoms with Crippen molar-refractivity contribution in [3.05, 3.63) is 52.2 Å². The third-order valence-electron chi connectivity index (χ3n) is 2.68. The molecule has 0 fully saturated rings. The third-order valence-corrected chi connectivity index (χ3v) is 3.41. The van der Waals surface area contributed by atoms with Crippen molar-refractivity contribution in [2.45, 2.75) is 13.3 Å². The molecule has 2 aromatic rings. The molecule has 2 rings (SSSR count). The lowest BCUT2D eigenvalue weighted by Gasteiger charge is -2.07. The Kier molecular flexibility index (Phi) is 4.98. The molecule has 0 aliphatic rings. The second-order valence-electron chi connectivity index (χ2n) is 4.34. The van der Waals surface area contributed by atoms with Crippen molar-refractivity contribution < 1.29 is 9.53 Å². The maximum absolute atomic E-state index is 11.6. The Balaban J connectivity index is 1.67. The van der Waals surface area contributed by atoms with Gasteiger partial charge in [0.25, 0.3) is 5.91 Å². The average Bonchev–Trinajstić information content (AvgIpc) is 2.90. The van der Waals surface area contributed by atoms with E-state index < -0.39 is 0 Å². The minimum Gasteiger partial charge on any atom is -0.484 e. The number of hydrogen-bond donors (Lipinski definition) is 1. The zero-order valence-corrected chi connectivity index (χ0v) is 11.7. The molecule has 1 N–H and O–H groups in total. The second-order valence-corrected chi connectivity index (χ2v) is 5.12. The largest absolute Gasteiger partial charge is 0.484 e. The van der Waals surface area contributed by atoms with Gasteiger partial charge in [0.15, 0.2) is 6.61 Å². The van der Waals surface area contributed by atoms with Crippen molar-refractivity contribution in [2.24, 2.45) is 0 Å². The van der Waals surface area contributed by atoms with E-state index in [1.807, 2.05) is 36.6 Å². The molecule has 0 aliphatic carbocycles. The maximum atomic E-state index is 11.6. The molecule has 1 aromatic heterocycles. The van der Waals surface area contributed by atoms with E-state index in [2.05, 4.69) is 16.8 Å². The van der Waals surface area contributed by atoms with Crippen molar-refractivity contribution in [3.8, 4) is 5.75 Å². The molecule has 3 nitrogen and oxygen atoms in total. The van der Waals surface area contributed by atoms with E-state index in [1.54, 1.807) is 11.3 Å². The van der Waals surface area contributed by atoms with Gasteiger partial charge in [-0.15, -0.1) is 0 Å². The number of aryl methyl sites for hydroxylation is 1. The first-order valence-electron chi connectivity index (χ1n) is 6.21. The zero-order valence-electron chi connectivity index (χ0n) is 10.9. The summed E-state index contributed by atoms with van der Waals surface area (Å²) in [4.78, 5) is 11.6. The van der Waals surface area contributed by atoms with Crippen LogP contribution >= 0.6 is 11.3 Å². The van der Waals surface area contributed by atoms with Gasteiger partial charge in [0.1, 0.15) is 5.75 Å².